The quantitative estimate of drug-likeness (QED) is 0.664. The van der Waals surface area contributed by atoms with Gasteiger partial charge in [-0.2, -0.15) is 0 Å². The fraction of sp³-hybridized carbons (Fsp3) is 0.0526. The summed E-state index contributed by atoms with van der Waals surface area (Å²) in [4.78, 5) is 25.9. The Balaban J connectivity index is 2.03. The van der Waals surface area contributed by atoms with Crippen molar-refractivity contribution in [2.45, 2.75) is 6.92 Å². The zero-order valence-electron chi connectivity index (χ0n) is 12.1. The number of hydrogen-bond donors (Lipinski definition) is 0. The van der Waals surface area contributed by atoms with E-state index < -0.39 is 0 Å². The zero-order valence-corrected chi connectivity index (χ0v) is 12.9. The second-order valence-corrected chi connectivity index (χ2v) is 5.99. The highest BCUT2D eigenvalue weighted by Gasteiger charge is 2.19. The third-order valence-corrected chi connectivity index (χ3v) is 4.34. The molecule has 108 valence electrons. The number of ketones is 2. The number of thiophene rings is 1. The van der Waals surface area contributed by atoms with E-state index >= 15 is 0 Å². The molecular formula is C19H14O2S. The van der Waals surface area contributed by atoms with Crippen LogP contribution >= 0.6 is 11.3 Å². The number of benzene rings is 2. The molecule has 0 bridgehead atoms. The predicted molar refractivity (Wildman–Crippen MR) is 88.8 cm³/mol. The van der Waals surface area contributed by atoms with E-state index in [0.29, 0.717) is 21.6 Å². The largest absolute Gasteiger partial charge is 0.289 e. The summed E-state index contributed by atoms with van der Waals surface area (Å²) in [6.07, 6.45) is 0. The van der Waals surface area contributed by atoms with Crippen molar-refractivity contribution in [1.29, 1.82) is 0 Å². The monoisotopic (exact) mass is 306 g/mol. The molecule has 0 saturated heterocycles. The molecular weight excluding hydrogens is 292 g/mol. The molecule has 0 aliphatic rings. The van der Waals surface area contributed by atoms with Crippen molar-refractivity contribution in [3.05, 3.63) is 93.2 Å². The average molecular weight is 306 g/mol. The van der Waals surface area contributed by atoms with Gasteiger partial charge >= 0.3 is 0 Å². The standard InChI is InChI=1S/C19H14O2S/c1-13-8-10-14(11-9-13)18(20)15-5-2-3-6-16(15)19(21)17-7-4-12-22-17/h2-12H,1H3. The van der Waals surface area contributed by atoms with Crippen LogP contribution < -0.4 is 0 Å². The van der Waals surface area contributed by atoms with Gasteiger partial charge < -0.3 is 0 Å². The molecule has 1 aromatic heterocycles. The normalized spacial score (nSPS) is 10.4. The van der Waals surface area contributed by atoms with E-state index in [4.69, 9.17) is 0 Å². The van der Waals surface area contributed by atoms with Crippen molar-refractivity contribution in [3.63, 3.8) is 0 Å². The molecule has 1 heterocycles. The molecule has 0 spiro atoms. The van der Waals surface area contributed by atoms with Crippen LogP contribution in [-0.2, 0) is 0 Å². The van der Waals surface area contributed by atoms with Crippen LogP contribution in [0.2, 0.25) is 0 Å². The molecule has 0 radical (unpaired) electrons. The smallest absolute Gasteiger partial charge is 0.203 e. The van der Waals surface area contributed by atoms with Crippen molar-refractivity contribution in [3.8, 4) is 0 Å². The van der Waals surface area contributed by atoms with Crippen LogP contribution in [0, 0.1) is 6.92 Å². The van der Waals surface area contributed by atoms with Gasteiger partial charge in [0, 0.05) is 16.7 Å². The summed E-state index contributed by atoms with van der Waals surface area (Å²) in [5, 5.41) is 1.86. The third kappa shape index (κ3) is 2.76. The number of carbonyl (C=O) groups excluding carboxylic acids is 2. The molecule has 3 heteroatoms. The third-order valence-electron chi connectivity index (χ3n) is 3.48. The lowest BCUT2D eigenvalue weighted by molar-refractivity contribution is 0.100. The molecule has 0 unspecified atom stereocenters. The van der Waals surface area contributed by atoms with Crippen LogP contribution in [0.4, 0.5) is 0 Å². The first-order valence-electron chi connectivity index (χ1n) is 6.95. The van der Waals surface area contributed by atoms with Crippen LogP contribution in [0.5, 0.6) is 0 Å². The summed E-state index contributed by atoms with van der Waals surface area (Å²) >= 11 is 1.38. The Kier molecular flexibility index (Phi) is 3.98. The maximum absolute atomic E-state index is 12.7. The molecule has 2 aromatic carbocycles. The molecule has 0 aliphatic heterocycles. The van der Waals surface area contributed by atoms with Gasteiger partial charge in [-0.3, -0.25) is 9.59 Å². The summed E-state index contributed by atoms with van der Waals surface area (Å²) in [6.45, 7) is 1.97. The molecule has 22 heavy (non-hydrogen) atoms. The van der Waals surface area contributed by atoms with E-state index in [9.17, 15) is 9.59 Å². The first kappa shape index (κ1) is 14.4. The number of rotatable bonds is 4. The Labute approximate surface area is 133 Å². The lowest BCUT2D eigenvalue weighted by atomic mass is 9.95. The highest BCUT2D eigenvalue weighted by molar-refractivity contribution is 7.12. The van der Waals surface area contributed by atoms with Crippen LogP contribution in [-0.4, -0.2) is 11.6 Å². The molecule has 0 N–H and O–H groups in total. The second kappa shape index (κ2) is 6.08. The van der Waals surface area contributed by atoms with Crippen molar-refractivity contribution < 1.29 is 9.59 Å². The molecule has 3 aromatic rings. The Morgan fingerprint density at radius 2 is 1.41 bits per heavy atom. The molecule has 2 nitrogen and oxygen atoms in total. The SMILES string of the molecule is Cc1ccc(C(=O)c2ccccc2C(=O)c2cccs2)cc1. The van der Waals surface area contributed by atoms with Crippen molar-refractivity contribution in [2.24, 2.45) is 0 Å². The minimum Gasteiger partial charge on any atom is -0.289 e. The van der Waals surface area contributed by atoms with Crippen molar-refractivity contribution in [2.75, 3.05) is 0 Å². The minimum atomic E-state index is -0.125. The minimum absolute atomic E-state index is 0.105. The molecule has 0 fully saturated rings. The highest BCUT2D eigenvalue weighted by Crippen LogP contribution is 2.21. The maximum atomic E-state index is 12.7. The molecule has 0 atom stereocenters. The highest BCUT2D eigenvalue weighted by atomic mass is 32.1. The maximum Gasteiger partial charge on any atom is 0.203 e. The molecule has 0 saturated carbocycles. The van der Waals surface area contributed by atoms with Crippen molar-refractivity contribution in [1.82, 2.24) is 0 Å². The summed E-state index contributed by atoms with van der Waals surface area (Å²) in [5.74, 6) is -0.230. The van der Waals surface area contributed by atoms with Gasteiger partial charge in [0.15, 0.2) is 5.78 Å². The van der Waals surface area contributed by atoms with Crippen LogP contribution in [0.25, 0.3) is 0 Å². The van der Waals surface area contributed by atoms with Crippen LogP contribution in [0.1, 0.15) is 36.7 Å². The number of aryl methyl sites for hydroxylation is 1. The van der Waals surface area contributed by atoms with Gasteiger partial charge in [0.05, 0.1) is 4.88 Å². The van der Waals surface area contributed by atoms with E-state index in [1.807, 2.05) is 30.5 Å². The van der Waals surface area contributed by atoms with Gasteiger partial charge in [-0.25, -0.2) is 0 Å². The van der Waals surface area contributed by atoms with Gasteiger partial charge in [0.25, 0.3) is 0 Å². The molecule has 3 rings (SSSR count). The van der Waals surface area contributed by atoms with E-state index in [2.05, 4.69) is 0 Å². The Hall–Kier alpha value is -2.52. The fourth-order valence-electron chi connectivity index (χ4n) is 2.28. The summed E-state index contributed by atoms with van der Waals surface area (Å²) < 4.78 is 0. The lowest BCUT2D eigenvalue weighted by Gasteiger charge is -2.07. The van der Waals surface area contributed by atoms with Crippen LogP contribution in [0.15, 0.2) is 66.0 Å². The van der Waals surface area contributed by atoms with E-state index in [1.165, 1.54) is 11.3 Å². The van der Waals surface area contributed by atoms with Gasteiger partial charge in [-0.15, -0.1) is 11.3 Å². The average Bonchev–Trinajstić information content (AvgIpc) is 3.09. The number of carbonyl (C=O) groups is 2. The Morgan fingerprint density at radius 1 is 0.773 bits per heavy atom. The first-order valence-corrected chi connectivity index (χ1v) is 7.83. The summed E-state index contributed by atoms with van der Waals surface area (Å²) in [7, 11) is 0. The van der Waals surface area contributed by atoms with Gasteiger partial charge in [0.1, 0.15) is 0 Å². The topological polar surface area (TPSA) is 34.1 Å². The van der Waals surface area contributed by atoms with Gasteiger partial charge in [-0.1, -0.05) is 60.2 Å². The Morgan fingerprint density at radius 3 is 2.00 bits per heavy atom. The number of hydrogen-bond acceptors (Lipinski definition) is 3. The summed E-state index contributed by atoms with van der Waals surface area (Å²) in [6, 6.07) is 18.0. The van der Waals surface area contributed by atoms with Gasteiger partial charge in [0.2, 0.25) is 5.78 Å². The predicted octanol–water partition coefficient (Wildman–Crippen LogP) is 4.52. The Bertz CT molecular complexity index is 815. The van der Waals surface area contributed by atoms with E-state index in [-0.39, 0.29) is 11.6 Å². The zero-order chi connectivity index (χ0) is 15.5. The summed E-state index contributed by atoms with van der Waals surface area (Å²) in [5.41, 5.74) is 2.59. The fourth-order valence-corrected chi connectivity index (χ4v) is 2.96. The molecule has 0 aliphatic carbocycles. The second-order valence-electron chi connectivity index (χ2n) is 5.05. The van der Waals surface area contributed by atoms with Gasteiger partial charge in [-0.05, 0) is 18.4 Å². The lowest BCUT2D eigenvalue weighted by Crippen LogP contribution is -2.10. The first-order chi connectivity index (χ1) is 10.7. The van der Waals surface area contributed by atoms with Crippen molar-refractivity contribution >= 4 is 22.9 Å². The molecule has 0 amide bonds. The van der Waals surface area contributed by atoms with Crippen LogP contribution in [0.3, 0.4) is 0 Å². The van der Waals surface area contributed by atoms with E-state index in [0.717, 1.165) is 5.56 Å². The van der Waals surface area contributed by atoms with E-state index in [1.54, 1.807) is 42.5 Å².